The van der Waals surface area contributed by atoms with Gasteiger partial charge in [0.1, 0.15) is 5.75 Å². The highest BCUT2D eigenvalue weighted by molar-refractivity contribution is 5.79. The summed E-state index contributed by atoms with van der Waals surface area (Å²) < 4.78 is 10.7. The molecule has 32 heavy (non-hydrogen) atoms. The van der Waals surface area contributed by atoms with Gasteiger partial charge in [-0.2, -0.15) is 0 Å². The largest absolute Gasteiger partial charge is 0.497 e. The van der Waals surface area contributed by atoms with Gasteiger partial charge < -0.3 is 25.2 Å². The van der Waals surface area contributed by atoms with Crippen molar-refractivity contribution in [2.45, 2.75) is 39.7 Å². The third-order valence-corrected chi connectivity index (χ3v) is 5.57. The summed E-state index contributed by atoms with van der Waals surface area (Å²) in [6.45, 7) is 9.74. The first-order valence-electron chi connectivity index (χ1n) is 11.4. The molecular formula is C26H39N3O3. The number of hydrogen-bond acceptors (Lipinski definition) is 4. The molecule has 176 valence electrons. The molecule has 2 rings (SSSR count). The maximum Gasteiger partial charge on any atom is 0.191 e. The fourth-order valence-corrected chi connectivity index (χ4v) is 3.44. The summed E-state index contributed by atoms with van der Waals surface area (Å²) in [5, 5.41) is 16.9. The van der Waals surface area contributed by atoms with Gasteiger partial charge in [-0.15, -0.1) is 0 Å². The second kappa shape index (κ2) is 13.8. The minimum atomic E-state index is -0.273. The Kier molecular flexibility index (Phi) is 11.0. The summed E-state index contributed by atoms with van der Waals surface area (Å²) in [6.07, 6.45) is 0.904. The van der Waals surface area contributed by atoms with Crippen LogP contribution in [0.2, 0.25) is 0 Å². The smallest absolute Gasteiger partial charge is 0.191 e. The Bertz CT molecular complexity index is 792. The summed E-state index contributed by atoms with van der Waals surface area (Å²) >= 11 is 0. The first-order chi connectivity index (χ1) is 15.5. The summed E-state index contributed by atoms with van der Waals surface area (Å²) in [4.78, 5) is 4.79. The molecule has 2 aromatic carbocycles. The number of aliphatic hydroxyl groups excluding tert-OH is 1. The van der Waals surface area contributed by atoms with Gasteiger partial charge in [-0.1, -0.05) is 56.3 Å². The average Bonchev–Trinajstić information content (AvgIpc) is 2.82. The lowest BCUT2D eigenvalue weighted by atomic mass is 9.75. The van der Waals surface area contributed by atoms with Crippen LogP contribution in [0.1, 0.15) is 44.2 Å². The molecule has 0 aliphatic rings. The van der Waals surface area contributed by atoms with Gasteiger partial charge in [-0.05, 0) is 42.0 Å². The molecule has 0 saturated carbocycles. The van der Waals surface area contributed by atoms with Crippen LogP contribution >= 0.6 is 0 Å². The lowest BCUT2D eigenvalue weighted by Gasteiger charge is -2.33. The molecular weight excluding hydrogens is 402 g/mol. The van der Waals surface area contributed by atoms with E-state index in [1.807, 2.05) is 49.4 Å². The highest BCUT2D eigenvalue weighted by Gasteiger charge is 2.30. The fourth-order valence-electron chi connectivity index (χ4n) is 3.44. The number of methoxy groups -OCH3 is 1. The SMILES string of the molecule is CCOCCCNC(=NCc1ccc(OC)cc1)NCC(c1ccccc1)C(C)(C)CO. The third-order valence-electron chi connectivity index (χ3n) is 5.57. The van der Waals surface area contributed by atoms with E-state index in [0.29, 0.717) is 13.1 Å². The molecule has 0 fully saturated rings. The van der Waals surface area contributed by atoms with Crippen LogP contribution in [0.5, 0.6) is 5.75 Å². The Hall–Kier alpha value is -2.57. The van der Waals surface area contributed by atoms with E-state index < -0.39 is 0 Å². The standard InChI is InChI=1S/C26H39N3O3/c1-5-32-17-9-16-27-25(28-18-21-12-14-23(31-4)15-13-21)29-19-24(26(2,3)20-30)22-10-7-6-8-11-22/h6-8,10-15,24,30H,5,9,16-20H2,1-4H3,(H2,27,28,29). The number of rotatable bonds is 13. The van der Waals surface area contributed by atoms with Crippen molar-refractivity contribution in [3.63, 3.8) is 0 Å². The zero-order chi connectivity index (χ0) is 23.2. The van der Waals surface area contributed by atoms with Crippen molar-refractivity contribution in [1.82, 2.24) is 10.6 Å². The monoisotopic (exact) mass is 441 g/mol. The summed E-state index contributed by atoms with van der Waals surface area (Å²) in [5.74, 6) is 1.72. The van der Waals surface area contributed by atoms with Gasteiger partial charge in [0.05, 0.1) is 13.7 Å². The number of hydrogen-bond donors (Lipinski definition) is 3. The minimum Gasteiger partial charge on any atom is -0.497 e. The molecule has 0 saturated heterocycles. The van der Waals surface area contributed by atoms with Crippen LogP contribution in [-0.2, 0) is 11.3 Å². The number of aliphatic imine (C=N–C) groups is 1. The zero-order valence-electron chi connectivity index (χ0n) is 19.9. The van der Waals surface area contributed by atoms with Gasteiger partial charge in [0.25, 0.3) is 0 Å². The van der Waals surface area contributed by atoms with Crippen molar-refractivity contribution < 1.29 is 14.6 Å². The first-order valence-corrected chi connectivity index (χ1v) is 11.4. The number of guanidine groups is 1. The molecule has 0 spiro atoms. The van der Waals surface area contributed by atoms with Crippen LogP contribution in [0.25, 0.3) is 0 Å². The van der Waals surface area contributed by atoms with E-state index in [1.165, 1.54) is 5.56 Å². The van der Waals surface area contributed by atoms with E-state index in [9.17, 15) is 5.11 Å². The number of benzene rings is 2. The molecule has 1 atom stereocenters. The normalized spacial score (nSPS) is 13.0. The number of nitrogens with one attached hydrogen (secondary N) is 2. The molecule has 2 aromatic rings. The van der Waals surface area contributed by atoms with Crippen LogP contribution in [0.15, 0.2) is 59.6 Å². The fraction of sp³-hybridized carbons (Fsp3) is 0.500. The van der Waals surface area contributed by atoms with Gasteiger partial charge in [0.2, 0.25) is 0 Å². The molecule has 0 radical (unpaired) electrons. The number of aliphatic hydroxyl groups is 1. The Morgan fingerprint density at radius 1 is 1.06 bits per heavy atom. The summed E-state index contributed by atoms with van der Waals surface area (Å²) in [5.41, 5.74) is 2.03. The van der Waals surface area contributed by atoms with E-state index in [-0.39, 0.29) is 17.9 Å². The maximum atomic E-state index is 10.0. The van der Waals surface area contributed by atoms with Crippen molar-refractivity contribution >= 4 is 5.96 Å². The minimum absolute atomic E-state index is 0.106. The van der Waals surface area contributed by atoms with E-state index >= 15 is 0 Å². The molecule has 0 aliphatic heterocycles. The Morgan fingerprint density at radius 3 is 2.41 bits per heavy atom. The molecule has 0 heterocycles. The van der Waals surface area contributed by atoms with Crippen molar-refractivity contribution in [2.75, 3.05) is 40.0 Å². The predicted octanol–water partition coefficient (Wildman–Crippen LogP) is 3.96. The highest BCUT2D eigenvalue weighted by atomic mass is 16.5. The molecule has 6 nitrogen and oxygen atoms in total. The van der Waals surface area contributed by atoms with Crippen LogP contribution in [0.3, 0.4) is 0 Å². The Balaban J connectivity index is 2.10. The van der Waals surface area contributed by atoms with E-state index in [0.717, 1.165) is 43.5 Å². The van der Waals surface area contributed by atoms with Gasteiger partial charge in [-0.3, -0.25) is 0 Å². The lowest BCUT2D eigenvalue weighted by Crippen LogP contribution is -2.43. The van der Waals surface area contributed by atoms with E-state index in [2.05, 4.69) is 36.6 Å². The van der Waals surface area contributed by atoms with Crippen molar-refractivity contribution in [1.29, 1.82) is 0 Å². The zero-order valence-corrected chi connectivity index (χ0v) is 19.9. The second-order valence-corrected chi connectivity index (χ2v) is 8.48. The van der Waals surface area contributed by atoms with Gasteiger partial charge in [-0.25, -0.2) is 4.99 Å². The Labute approximate surface area is 193 Å². The molecule has 1 unspecified atom stereocenters. The van der Waals surface area contributed by atoms with Crippen molar-refractivity contribution in [2.24, 2.45) is 10.4 Å². The van der Waals surface area contributed by atoms with Crippen molar-refractivity contribution in [3.05, 3.63) is 65.7 Å². The number of ether oxygens (including phenoxy) is 2. The molecule has 3 N–H and O–H groups in total. The highest BCUT2D eigenvalue weighted by Crippen LogP contribution is 2.34. The quantitative estimate of drug-likeness (QED) is 0.249. The summed E-state index contributed by atoms with van der Waals surface area (Å²) in [7, 11) is 1.67. The van der Waals surface area contributed by atoms with E-state index in [4.69, 9.17) is 14.5 Å². The topological polar surface area (TPSA) is 75.1 Å². The van der Waals surface area contributed by atoms with Gasteiger partial charge in [0.15, 0.2) is 5.96 Å². The average molecular weight is 442 g/mol. The molecule has 0 aromatic heterocycles. The van der Waals surface area contributed by atoms with Gasteiger partial charge >= 0.3 is 0 Å². The van der Waals surface area contributed by atoms with Crippen LogP contribution in [0, 0.1) is 5.41 Å². The lowest BCUT2D eigenvalue weighted by molar-refractivity contribution is 0.131. The Morgan fingerprint density at radius 2 is 1.78 bits per heavy atom. The number of nitrogens with zero attached hydrogens (tertiary/aromatic N) is 1. The third kappa shape index (κ3) is 8.52. The summed E-state index contributed by atoms with van der Waals surface area (Å²) in [6, 6.07) is 18.3. The first kappa shape index (κ1) is 25.7. The molecule has 6 heteroatoms. The predicted molar refractivity (Wildman–Crippen MR) is 131 cm³/mol. The van der Waals surface area contributed by atoms with E-state index in [1.54, 1.807) is 7.11 Å². The molecule has 0 aliphatic carbocycles. The van der Waals surface area contributed by atoms with Crippen LogP contribution < -0.4 is 15.4 Å². The second-order valence-electron chi connectivity index (χ2n) is 8.48. The molecule has 0 bridgehead atoms. The van der Waals surface area contributed by atoms with Crippen LogP contribution in [-0.4, -0.2) is 51.1 Å². The molecule has 0 amide bonds. The van der Waals surface area contributed by atoms with Crippen molar-refractivity contribution in [3.8, 4) is 5.75 Å². The van der Waals surface area contributed by atoms with Gasteiger partial charge in [0, 0.05) is 38.8 Å². The van der Waals surface area contributed by atoms with Crippen LogP contribution in [0.4, 0.5) is 0 Å². The maximum absolute atomic E-state index is 10.0.